The number of nitrogens with zero attached hydrogens (tertiary/aromatic N) is 3. The summed E-state index contributed by atoms with van der Waals surface area (Å²) in [6.07, 6.45) is 12.9. The van der Waals surface area contributed by atoms with E-state index in [1.165, 1.54) is 29.0 Å². The molecule has 1 aromatic carbocycles. The van der Waals surface area contributed by atoms with E-state index in [4.69, 9.17) is 9.72 Å². The minimum absolute atomic E-state index is 0.0966. The summed E-state index contributed by atoms with van der Waals surface area (Å²) in [5.41, 5.74) is 3.59. The fraction of sp³-hybridized carbons (Fsp3) is 0.529. The van der Waals surface area contributed by atoms with Crippen LogP contribution in [0.5, 0.6) is 5.75 Å². The van der Waals surface area contributed by atoms with Crippen molar-refractivity contribution in [3.8, 4) is 16.2 Å². The zero-order chi connectivity index (χ0) is 29.2. The third-order valence-electron chi connectivity index (χ3n) is 9.63. The number of aromatic nitrogens is 2. The second-order valence-electron chi connectivity index (χ2n) is 12.5. The molecule has 42 heavy (non-hydrogen) atoms. The number of benzene rings is 1. The van der Waals surface area contributed by atoms with E-state index in [1.807, 2.05) is 23.4 Å². The first kappa shape index (κ1) is 28.8. The number of hydrogen-bond donors (Lipinski definition) is 1. The normalized spacial score (nSPS) is 24.2. The van der Waals surface area contributed by atoms with Crippen LogP contribution in [0.1, 0.15) is 92.2 Å². The van der Waals surface area contributed by atoms with Crippen molar-refractivity contribution in [3.05, 3.63) is 58.9 Å². The first-order valence-electron chi connectivity index (χ1n) is 15.5. The second kappa shape index (κ2) is 12.5. The molecule has 6 rings (SSSR count). The van der Waals surface area contributed by atoms with E-state index in [9.17, 15) is 14.7 Å². The summed E-state index contributed by atoms with van der Waals surface area (Å²) in [5, 5.41) is 10.7. The molecule has 0 unspecified atom stereocenters. The quantitative estimate of drug-likeness (QED) is 0.277. The predicted molar refractivity (Wildman–Crippen MR) is 165 cm³/mol. The van der Waals surface area contributed by atoms with Crippen LogP contribution in [0.2, 0.25) is 0 Å². The molecule has 0 saturated heterocycles. The Morgan fingerprint density at radius 2 is 1.64 bits per heavy atom. The highest BCUT2D eigenvalue weighted by Crippen LogP contribution is 2.44. The molecule has 2 aromatic heterocycles. The van der Waals surface area contributed by atoms with Gasteiger partial charge in [-0.15, -0.1) is 11.3 Å². The van der Waals surface area contributed by atoms with Gasteiger partial charge in [-0.05, 0) is 118 Å². The lowest BCUT2D eigenvalue weighted by atomic mass is 9.78. The molecule has 1 amide bonds. The van der Waals surface area contributed by atoms with Gasteiger partial charge in [-0.1, -0.05) is 12.1 Å². The van der Waals surface area contributed by atoms with Crippen molar-refractivity contribution in [3.63, 3.8) is 0 Å². The van der Waals surface area contributed by atoms with E-state index in [1.54, 1.807) is 18.4 Å². The molecule has 2 heterocycles. The number of thiazole rings is 1. The molecule has 3 saturated carbocycles. The van der Waals surface area contributed by atoms with Gasteiger partial charge in [0.15, 0.2) is 0 Å². The van der Waals surface area contributed by atoms with Gasteiger partial charge in [-0.25, -0.2) is 9.97 Å². The number of methoxy groups -OCH3 is 1. The molecule has 0 aliphatic heterocycles. The van der Waals surface area contributed by atoms with Crippen molar-refractivity contribution in [1.82, 2.24) is 9.97 Å². The Labute approximate surface area is 252 Å². The Kier molecular flexibility index (Phi) is 8.61. The number of anilines is 1. The number of amides is 1. The molecule has 7 nitrogen and oxygen atoms in total. The lowest BCUT2D eigenvalue weighted by Gasteiger charge is -2.35. The highest BCUT2D eigenvalue weighted by atomic mass is 32.1. The first-order chi connectivity index (χ1) is 20.4. The largest absolute Gasteiger partial charge is 0.496 e. The zero-order valence-electron chi connectivity index (χ0n) is 24.6. The number of hydrogen-bond acceptors (Lipinski definition) is 6. The number of carbonyl (C=O) groups excluding carboxylic acids is 1. The Bertz CT molecular complexity index is 1420. The minimum atomic E-state index is -0.744. The van der Waals surface area contributed by atoms with Crippen molar-refractivity contribution in [2.24, 2.45) is 17.8 Å². The Hall–Kier alpha value is -3.26. The summed E-state index contributed by atoms with van der Waals surface area (Å²) in [6.45, 7) is 2.75. The Morgan fingerprint density at radius 3 is 2.31 bits per heavy atom. The van der Waals surface area contributed by atoms with Gasteiger partial charge >= 0.3 is 5.97 Å². The van der Waals surface area contributed by atoms with Crippen LogP contribution >= 0.6 is 11.3 Å². The molecule has 0 atom stereocenters. The maximum Gasteiger partial charge on any atom is 0.306 e. The van der Waals surface area contributed by atoms with E-state index in [0.717, 1.165) is 41.9 Å². The third-order valence-corrected chi connectivity index (χ3v) is 10.8. The average molecular weight is 588 g/mol. The standard InChI is InChI=1S/C34H41N3O4S/c1-21-17-27(13-14-29(21)41-2)23-5-3-22(4-6-23)20-37(33(38)25-9-11-26(12-10-25)34(39)40)31-18-28(15-16-35-31)30-19-36-32(42-30)24-7-8-24/h13-19,22-26H,3-12,20H2,1-2H3,(H,39,40). The van der Waals surface area contributed by atoms with Crippen molar-refractivity contribution < 1.29 is 19.4 Å². The first-order valence-corrected chi connectivity index (χ1v) is 16.3. The number of rotatable bonds is 9. The number of ether oxygens (including phenoxy) is 1. The van der Waals surface area contributed by atoms with Gasteiger partial charge in [0.2, 0.25) is 5.91 Å². The molecule has 8 heteroatoms. The Morgan fingerprint density at radius 1 is 0.929 bits per heavy atom. The van der Waals surface area contributed by atoms with E-state index in [-0.39, 0.29) is 17.7 Å². The molecule has 3 fully saturated rings. The monoisotopic (exact) mass is 587 g/mol. The SMILES string of the molecule is COc1ccc(C2CCC(CN(C(=O)C3CCC(C(=O)O)CC3)c3cc(-c4cnc(C5CC5)s4)ccn3)CC2)cc1C. The maximum absolute atomic E-state index is 14.1. The van der Waals surface area contributed by atoms with Crippen LogP contribution in [0.25, 0.3) is 10.4 Å². The summed E-state index contributed by atoms with van der Waals surface area (Å²) >= 11 is 1.75. The number of carboxylic acid groups (broad SMARTS) is 1. The molecule has 222 valence electrons. The van der Waals surface area contributed by atoms with Crippen molar-refractivity contribution in [2.45, 2.75) is 83.0 Å². The number of carbonyl (C=O) groups is 2. The molecule has 3 aliphatic carbocycles. The molecule has 3 aromatic rings. The van der Waals surface area contributed by atoms with Crippen molar-refractivity contribution in [2.75, 3.05) is 18.6 Å². The van der Waals surface area contributed by atoms with Crippen LogP contribution in [0, 0.1) is 24.7 Å². The molecule has 1 N–H and O–H groups in total. The Balaban J connectivity index is 1.19. The number of carboxylic acids is 1. The number of pyridine rings is 1. The summed E-state index contributed by atoms with van der Waals surface area (Å²) < 4.78 is 5.46. The molecule has 0 spiro atoms. The van der Waals surface area contributed by atoms with Crippen LogP contribution in [0.15, 0.2) is 42.7 Å². The van der Waals surface area contributed by atoms with Crippen LogP contribution in [-0.4, -0.2) is 40.6 Å². The van der Waals surface area contributed by atoms with Gasteiger partial charge in [0, 0.05) is 30.8 Å². The van der Waals surface area contributed by atoms with Crippen LogP contribution < -0.4 is 9.64 Å². The van der Waals surface area contributed by atoms with Crippen molar-refractivity contribution >= 4 is 29.0 Å². The topological polar surface area (TPSA) is 92.6 Å². The second-order valence-corrected chi connectivity index (χ2v) is 13.6. The lowest BCUT2D eigenvalue weighted by Crippen LogP contribution is -2.42. The van der Waals surface area contributed by atoms with Gasteiger partial charge in [-0.2, -0.15) is 0 Å². The van der Waals surface area contributed by atoms with Gasteiger partial charge in [0.1, 0.15) is 11.6 Å². The van der Waals surface area contributed by atoms with Crippen LogP contribution in [0.4, 0.5) is 5.82 Å². The highest BCUT2D eigenvalue weighted by molar-refractivity contribution is 7.15. The van der Waals surface area contributed by atoms with Gasteiger partial charge in [-0.3, -0.25) is 14.5 Å². The minimum Gasteiger partial charge on any atom is -0.496 e. The van der Waals surface area contributed by atoms with Crippen LogP contribution in [-0.2, 0) is 9.59 Å². The summed E-state index contributed by atoms with van der Waals surface area (Å²) in [4.78, 5) is 38.1. The highest BCUT2D eigenvalue weighted by Gasteiger charge is 2.35. The number of aryl methyl sites for hydroxylation is 1. The number of aliphatic carboxylic acids is 1. The fourth-order valence-electron chi connectivity index (χ4n) is 6.86. The van der Waals surface area contributed by atoms with Crippen LogP contribution in [0.3, 0.4) is 0 Å². The zero-order valence-corrected chi connectivity index (χ0v) is 25.4. The average Bonchev–Trinajstić information content (AvgIpc) is 3.75. The van der Waals surface area contributed by atoms with Crippen molar-refractivity contribution in [1.29, 1.82) is 0 Å². The van der Waals surface area contributed by atoms with E-state index in [0.29, 0.717) is 55.8 Å². The summed E-state index contributed by atoms with van der Waals surface area (Å²) in [6, 6.07) is 10.6. The maximum atomic E-state index is 14.1. The summed E-state index contributed by atoms with van der Waals surface area (Å²) in [5.74, 6) is 2.02. The van der Waals surface area contributed by atoms with E-state index < -0.39 is 5.97 Å². The fourth-order valence-corrected chi connectivity index (χ4v) is 7.94. The molecule has 0 radical (unpaired) electrons. The van der Waals surface area contributed by atoms with E-state index in [2.05, 4.69) is 36.2 Å². The smallest absolute Gasteiger partial charge is 0.306 e. The van der Waals surface area contributed by atoms with Gasteiger partial charge < -0.3 is 9.84 Å². The molecular weight excluding hydrogens is 546 g/mol. The van der Waals surface area contributed by atoms with Gasteiger partial charge in [0.25, 0.3) is 0 Å². The molecule has 0 bridgehead atoms. The summed E-state index contributed by atoms with van der Waals surface area (Å²) in [7, 11) is 1.71. The molecular formula is C34H41N3O4S. The van der Waals surface area contributed by atoms with E-state index >= 15 is 0 Å². The van der Waals surface area contributed by atoms with Gasteiger partial charge in [0.05, 0.1) is 22.9 Å². The molecule has 3 aliphatic rings. The predicted octanol–water partition coefficient (Wildman–Crippen LogP) is 7.60. The third kappa shape index (κ3) is 6.38. The lowest BCUT2D eigenvalue weighted by molar-refractivity contribution is -0.144.